The molecule has 7 heteroatoms. The van der Waals surface area contributed by atoms with E-state index < -0.39 is 16.8 Å². The average molecular weight is 344 g/mol. The average Bonchev–Trinajstić information content (AvgIpc) is 3.44. The SMILES string of the molecule is O=C(c1ccc([N+](=O)[O-])cc1)N(CC(O)c1ccc(F)cc1)C1CC1. The molecule has 0 saturated heterocycles. The minimum Gasteiger partial charge on any atom is -0.387 e. The molecule has 1 amide bonds. The van der Waals surface area contributed by atoms with Crippen LogP contribution < -0.4 is 0 Å². The third-order valence-electron chi connectivity index (χ3n) is 4.20. The van der Waals surface area contributed by atoms with Crippen LogP contribution in [0, 0.1) is 15.9 Å². The Bertz CT molecular complexity index is 773. The van der Waals surface area contributed by atoms with Crippen molar-refractivity contribution in [3.8, 4) is 0 Å². The number of halogens is 1. The van der Waals surface area contributed by atoms with Crippen molar-refractivity contribution in [3.05, 3.63) is 75.6 Å². The Morgan fingerprint density at radius 2 is 1.80 bits per heavy atom. The molecule has 1 atom stereocenters. The van der Waals surface area contributed by atoms with Gasteiger partial charge in [0.25, 0.3) is 11.6 Å². The van der Waals surface area contributed by atoms with Gasteiger partial charge < -0.3 is 10.0 Å². The number of nitro groups is 1. The van der Waals surface area contributed by atoms with Crippen LogP contribution in [0.1, 0.15) is 34.9 Å². The number of hydrogen-bond acceptors (Lipinski definition) is 4. The molecule has 2 aromatic rings. The van der Waals surface area contributed by atoms with Gasteiger partial charge in [0.15, 0.2) is 0 Å². The van der Waals surface area contributed by atoms with Gasteiger partial charge in [0.2, 0.25) is 0 Å². The summed E-state index contributed by atoms with van der Waals surface area (Å²) in [7, 11) is 0. The van der Waals surface area contributed by atoms with Crippen molar-refractivity contribution in [2.45, 2.75) is 25.0 Å². The molecule has 6 nitrogen and oxygen atoms in total. The van der Waals surface area contributed by atoms with Crippen molar-refractivity contribution >= 4 is 11.6 Å². The topological polar surface area (TPSA) is 83.7 Å². The van der Waals surface area contributed by atoms with Crippen molar-refractivity contribution in [3.63, 3.8) is 0 Å². The molecule has 0 heterocycles. The molecule has 3 rings (SSSR count). The van der Waals surface area contributed by atoms with Gasteiger partial charge >= 0.3 is 0 Å². The fourth-order valence-electron chi connectivity index (χ4n) is 2.65. The molecule has 1 aliphatic rings. The molecule has 1 aliphatic carbocycles. The number of aliphatic hydroxyl groups excluding tert-OH is 1. The monoisotopic (exact) mass is 344 g/mol. The predicted molar refractivity (Wildman–Crippen MR) is 88.5 cm³/mol. The highest BCUT2D eigenvalue weighted by Crippen LogP contribution is 2.30. The molecule has 0 aromatic heterocycles. The molecule has 0 bridgehead atoms. The first-order valence-corrected chi connectivity index (χ1v) is 7.94. The van der Waals surface area contributed by atoms with Gasteiger partial charge in [-0.1, -0.05) is 12.1 Å². The van der Waals surface area contributed by atoms with E-state index in [-0.39, 0.29) is 24.2 Å². The number of carbonyl (C=O) groups excluding carboxylic acids is 1. The predicted octanol–water partition coefficient (Wildman–Crippen LogP) is 3.07. The zero-order valence-electron chi connectivity index (χ0n) is 13.3. The van der Waals surface area contributed by atoms with Crippen molar-refractivity contribution < 1.29 is 19.2 Å². The number of nitrogens with zero attached hydrogens (tertiary/aromatic N) is 2. The first-order valence-electron chi connectivity index (χ1n) is 7.94. The summed E-state index contributed by atoms with van der Waals surface area (Å²) in [6.45, 7) is 0.0894. The molecule has 1 saturated carbocycles. The number of nitro benzene ring substituents is 1. The smallest absolute Gasteiger partial charge is 0.269 e. The van der Waals surface area contributed by atoms with Crippen LogP contribution in [-0.2, 0) is 0 Å². The summed E-state index contributed by atoms with van der Waals surface area (Å²) in [6, 6.07) is 11.0. The number of amides is 1. The molecule has 2 aromatic carbocycles. The van der Waals surface area contributed by atoms with Gasteiger partial charge in [-0.3, -0.25) is 14.9 Å². The molecule has 1 fully saturated rings. The minimum atomic E-state index is -0.928. The molecule has 25 heavy (non-hydrogen) atoms. The van der Waals surface area contributed by atoms with Crippen LogP contribution in [0.4, 0.5) is 10.1 Å². The molecule has 130 valence electrons. The summed E-state index contributed by atoms with van der Waals surface area (Å²) in [6.07, 6.45) is 0.784. The Labute approximate surface area is 143 Å². The van der Waals surface area contributed by atoms with E-state index in [2.05, 4.69) is 0 Å². The second kappa shape index (κ2) is 6.98. The van der Waals surface area contributed by atoms with Crippen molar-refractivity contribution in [1.82, 2.24) is 4.90 Å². The third kappa shape index (κ3) is 4.00. The minimum absolute atomic E-state index is 0.0535. The summed E-state index contributed by atoms with van der Waals surface area (Å²) in [5.41, 5.74) is 0.785. The second-order valence-corrected chi connectivity index (χ2v) is 6.06. The molecule has 0 radical (unpaired) electrons. The normalized spacial score (nSPS) is 14.8. The van der Waals surface area contributed by atoms with Gasteiger partial charge in [0, 0.05) is 23.7 Å². The van der Waals surface area contributed by atoms with E-state index in [1.165, 1.54) is 48.5 Å². The Hall–Kier alpha value is -2.80. The molecule has 0 spiro atoms. The Balaban J connectivity index is 1.75. The van der Waals surface area contributed by atoms with Gasteiger partial charge in [-0.05, 0) is 42.7 Å². The lowest BCUT2D eigenvalue weighted by Gasteiger charge is -2.25. The van der Waals surface area contributed by atoms with Gasteiger partial charge in [0.1, 0.15) is 5.82 Å². The maximum Gasteiger partial charge on any atom is 0.269 e. The summed E-state index contributed by atoms with van der Waals surface area (Å²) in [5, 5.41) is 21.1. The first kappa shape index (κ1) is 17.0. The molecule has 1 unspecified atom stereocenters. The first-order chi connectivity index (χ1) is 12.0. The summed E-state index contributed by atoms with van der Waals surface area (Å²) >= 11 is 0. The number of benzene rings is 2. The number of non-ortho nitro benzene ring substituents is 1. The fraction of sp³-hybridized carbons (Fsp3) is 0.278. The van der Waals surface area contributed by atoms with Crippen LogP contribution in [0.2, 0.25) is 0 Å². The van der Waals surface area contributed by atoms with E-state index in [9.17, 15) is 24.4 Å². The Morgan fingerprint density at radius 1 is 1.20 bits per heavy atom. The molecule has 0 aliphatic heterocycles. The Kier molecular flexibility index (Phi) is 4.76. The van der Waals surface area contributed by atoms with E-state index in [4.69, 9.17) is 0 Å². The molecular formula is C18H17FN2O4. The highest BCUT2D eigenvalue weighted by atomic mass is 19.1. The number of hydrogen-bond donors (Lipinski definition) is 1. The van der Waals surface area contributed by atoms with Crippen molar-refractivity contribution in [2.75, 3.05) is 6.54 Å². The van der Waals surface area contributed by atoms with Crippen LogP contribution >= 0.6 is 0 Å². The standard InChI is InChI=1S/C18H17FN2O4/c19-14-5-1-12(2-6-14)17(22)11-20(15-9-10-15)18(23)13-3-7-16(8-4-13)21(24)25/h1-8,15,17,22H,9-11H2. The van der Waals surface area contributed by atoms with Gasteiger partial charge in [-0.15, -0.1) is 0 Å². The summed E-state index contributed by atoms with van der Waals surface area (Å²) < 4.78 is 13.0. The second-order valence-electron chi connectivity index (χ2n) is 6.06. The molecular weight excluding hydrogens is 327 g/mol. The maximum absolute atomic E-state index is 13.0. The number of rotatable bonds is 6. The van der Waals surface area contributed by atoms with Crippen LogP contribution in [0.25, 0.3) is 0 Å². The lowest BCUT2D eigenvalue weighted by molar-refractivity contribution is -0.384. The van der Waals surface area contributed by atoms with Crippen molar-refractivity contribution in [1.29, 1.82) is 0 Å². The van der Waals surface area contributed by atoms with E-state index >= 15 is 0 Å². The zero-order chi connectivity index (χ0) is 18.0. The highest BCUT2D eigenvalue weighted by Gasteiger charge is 2.34. The van der Waals surface area contributed by atoms with Gasteiger partial charge in [0.05, 0.1) is 17.6 Å². The maximum atomic E-state index is 13.0. The van der Waals surface area contributed by atoms with E-state index in [1.54, 1.807) is 4.90 Å². The third-order valence-corrected chi connectivity index (χ3v) is 4.20. The largest absolute Gasteiger partial charge is 0.387 e. The van der Waals surface area contributed by atoms with Gasteiger partial charge in [-0.25, -0.2) is 4.39 Å². The fourth-order valence-corrected chi connectivity index (χ4v) is 2.65. The number of aliphatic hydroxyl groups is 1. The van der Waals surface area contributed by atoms with Crippen LogP contribution in [0.5, 0.6) is 0 Å². The lowest BCUT2D eigenvalue weighted by atomic mass is 10.1. The van der Waals surface area contributed by atoms with Gasteiger partial charge in [-0.2, -0.15) is 0 Å². The summed E-state index contributed by atoms with van der Waals surface area (Å²) in [4.78, 5) is 24.5. The van der Waals surface area contributed by atoms with Crippen LogP contribution in [0.3, 0.4) is 0 Å². The van der Waals surface area contributed by atoms with Crippen molar-refractivity contribution in [2.24, 2.45) is 0 Å². The number of carbonyl (C=O) groups is 1. The highest BCUT2D eigenvalue weighted by molar-refractivity contribution is 5.94. The van der Waals surface area contributed by atoms with E-state index in [0.717, 1.165) is 12.8 Å². The Morgan fingerprint density at radius 3 is 2.32 bits per heavy atom. The lowest BCUT2D eigenvalue weighted by Crippen LogP contribution is -2.36. The zero-order valence-corrected chi connectivity index (χ0v) is 13.3. The molecule has 1 N–H and O–H groups in total. The van der Waals surface area contributed by atoms with E-state index in [1.807, 2.05) is 0 Å². The summed E-state index contributed by atoms with van der Waals surface area (Å²) in [5.74, 6) is -0.671. The quantitative estimate of drug-likeness (QED) is 0.645. The van der Waals surface area contributed by atoms with Crippen LogP contribution in [-0.4, -0.2) is 33.4 Å². The van der Waals surface area contributed by atoms with E-state index in [0.29, 0.717) is 11.1 Å². The van der Waals surface area contributed by atoms with Crippen LogP contribution in [0.15, 0.2) is 48.5 Å².